The van der Waals surface area contributed by atoms with Crippen molar-refractivity contribution in [3.8, 4) is 0 Å². The molecule has 0 saturated heterocycles. The van der Waals surface area contributed by atoms with Gasteiger partial charge in [-0.2, -0.15) is 0 Å². The van der Waals surface area contributed by atoms with Crippen LogP contribution in [0.1, 0.15) is 25.1 Å². The van der Waals surface area contributed by atoms with E-state index in [4.69, 9.17) is 0 Å². The molecule has 0 N–H and O–H groups in total. The quantitative estimate of drug-likeness (QED) is 0.632. The Morgan fingerprint density at radius 2 is 2.31 bits per heavy atom. The lowest BCUT2D eigenvalue weighted by Gasteiger charge is -2.02. The van der Waals surface area contributed by atoms with Gasteiger partial charge in [0.1, 0.15) is 0 Å². The van der Waals surface area contributed by atoms with Crippen LogP contribution in [-0.2, 0) is 0 Å². The van der Waals surface area contributed by atoms with Gasteiger partial charge in [-0.15, -0.1) is 0 Å². The molecule has 0 atom stereocenters. The lowest BCUT2D eigenvalue weighted by molar-refractivity contribution is 1.25. The van der Waals surface area contributed by atoms with Crippen LogP contribution in [0.25, 0.3) is 6.08 Å². The highest BCUT2D eigenvalue weighted by Gasteiger charge is 2.01. The highest BCUT2D eigenvalue weighted by Crippen LogP contribution is 2.08. The number of pyridine rings is 1. The average Bonchev–Trinajstić information content (AvgIpc) is 2.18. The molecular formula is C11H14N2. The molecule has 0 fully saturated rings. The molecule has 1 heterocycles. The van der Waals surface area contributed by atoms with Crippen LogP contribution in [0.4, 0.5) is 0 Å². The molecule has 1 aromatic rings. The number of hydrogen-bond acceptors (Lipinski definition) is 2. The summed E-state index contributed by atoms with van der Waals surface area (Å²) in [7, 11) is 1.78. The fraction of sp³-hybridized carbons (Fsp3) is 0.273. The maximum Gasteiger partial charge on any atom is 0.0908 e. The van der Waals surface area contributed by atoms with Gasteiger partial charge >= 0.3 is 0 Å². The zero-order chi connectivity index (χ0) is 9.68. The molecule has 0 aliphatic rings. The number of nitrogens with zero attached hydrogens (tertiary/aromatic N) is 2. The van der Waals surface area contributed by atoms with Gasteiger partial charge in [-0.25, -0.2) is 0 Å². The van der Waals surface area contributed by atoms with Crippen LogP contribution in [0.15, 0.2) is 29.4 Å². The molecular weight excluding hydrogens is 160 g/mol. The highest BCUT2D eigenvalue weighted by molar-refractivity contribution is 5.99. The first-order valence-corrected chi connectivity index (χ1v) is 4.31. The van der Waals surface area contributed by atoms with E-state index in [-0.39, 0.29) is 0 Å². The van der Waals surface area contributed by atoms with Crippen LogP contribution in [0.5, 0.6) is 0 Å². The molecule has 1 aromatic heterocycles. The molecule has 0 unspecified atom stereocenters. The first-order valence-electron chi connectivity index (χ1n) is 4.31. The number of allylic oxidation sites excluding steroid dienone is 1. The van der Waals surface area contributed by atoms with Crippen LogP contribution in [-0.4, -0.2) is 17.7 Å². The molecule has 0 amide bonds. The molecule has 1 rings (SSSR count). The van der Waals surface area contributed by atoms with Crippen molar-refractivity contribution in [1.82, 2.24) is 4.98 Å². The molecule has 0 aliphatic heterocycles. The van der Waals surface area contributed by atoms with Crippen molar-refractivity contribution < 1.29 is 0 Å². The van der Waals surface area contributed by atoms with Crippen molar-refractivity contribution in [2.75, 3.05) is 7.05 Å². The van der Waals surface area contributed by atoms with Crippen LogP contribution >= 0.6 is 0 Å². The molecule has 0 saturated carbocycles. The standard InChI is InChI=1S/C11H14N2/c1-4-6-10-7-5-8-13-11(10)9(2)12-3/h4-8H,1-3H3. The molecule has 0 aromatic carbocycles. The van der Waals surface area contributed by atoms with Gasteiger partial charge in [0.05, 0.1) is 11.4 Å². The first-order chi connectivity index (χ1) is 6.29. The van der Waals surface area contributed by atoms with E-state index in [1.165, 1.54) is 0 Å². The Hall–Kier alpha value is -1.44. The second-order valence-corrected chi connectivity index (χ2v) is 2.75. The van der Waals surface area contributed by atoms with Crippen molar-refractivity contribution in [2.24, 2.45) is 4.99 Å². The predicted octanol–water partition coefficient (Wildman–Crippen LogP) is 2.55. The zero-order valence-electron chi connectivity index (χ0n) is 8.28. The molecule has 0 aliphatic carbocycles. The van der Waals surface area contributed by atoms with E-state index in [1.54, 1.807) is 13.2 Å². The summed E-state index contributed by atoms with van der Waals surface area (Å²) < 4.78 is 0. The number of aliphatic imine (C=N–C) groups is 1. The van der Waals surface area contributed by atoms with Crippen molar-refractivity contribution in [2.45, 2.75) is 13.8 Å². The van der Waals surface area contributed by atoms with Gasteiger partial charge in [0.25, 0.3) is 0 Å². The first kappa shape index (κ1) is 9.65. The summed E-state index contributed by atoms with van der Waals surface area (Å²) in [6.07, 6.45) is 5.83. The summed E-state index contributed by atoms with van der Waals surface area (Å²) in [5.74, 6) is 0. The topological polar surface area (TPSA) is 25.2 Å². The van der Waals surface area contributed by atoms with Crippen molar-refractivity contribution >= 4 is 11.8 Å². The lowest BCUT2D eigenvalue weighted by atomic mass is 10.1. The van der Waals surface area contributed by atoms with Gasteiger partial charge in [0.15, 0.2) is 0 Å². The maximum atomic E-state index is 4.29. The van der Waals surface area contributed by atoms with Crippen molar-refractivity contribution in [3.05, 3.63) is 35.7 Å². The molecule has 13 heavy (non-hydrogen) atoms. The van der Waals surface area contributed by atoms with Crippen molar-refractivity contribution in [1.29, 1.82) is 0 Å². The largest absolute Gasteiger partial charge is 0.291 e. The number of aromatic nitrogens is 1. The van der Waals surface area contributed by atoms with E-state index < -0.39 is 0 Å². The summed E-state index contributed by atoms with van der Waals surface area (Å²) in [5, 5.41) is 0. The lowest BCUT2D eigenvalue weighted by Crippen LogP contribution is -2.00. The minimum Gasteiger partial charge on any atom is -0.291 e. The number of rotatable bonds is 2. The summed E-state index contributed by atoms with van der Waals surface area (Å²) in [6, 6.07) is 3.97. The van der Waals surface area contributed by atoms with Crippen LogP contribution in [0.2, 0.25) is 0 Å². The van der Waals surface area contributed by atoms with Gasteiger partial charge in [-0.05, 0) is 19.9 Å². The molecule has 2 heteroatoms. The van der Waals surface area contributed by atoms with Gasteiger partial charge in [-0.1, -0.05) is 18.2 Å². The fourth-order valence-electron chi connectivity index (χ4n) is 1.14. The Kier molecular flexibility index (Phi) is 3.38. The monoisotopic (exact) mass is 174 g/mol. The third kappa shape index (κ3) is 2.25. The number of hydrogen-bond donors (Lipinski definition) is 0. The maximum absolute atomic E-state index is 4.29. The van der Waals surface area contributed by atoms with E-state index in [9.17, 15) is 0 Å². The minimum absolute atomic E-state index is 0.961. The van der Waals surface area contributed by atoms with Gasteiger partial charge < -0.3 is 0 Å². The van der Waals surface area contributed by atoms with Crippen LogP contribution in [0.3, 0.4) is 0 Å². The van der Waals surface area contributed by atoms with Crippen LogP contribution < -0.4 is 0 Å². The van der Waals surface area contributed by atoms with E-state index in [0.29, 0.717) is 0 Å². The molecule has 0 radical (unpaired) electrons. The Labute approximate surface area is 79.0 Å². The van der Waals surface area contributed by atoms with E-state index in [1.807, 2.05) is 38.1 Å². The Morgan fingerprint density at radius 3 is 2.92 bits per heavy atom. The van der Waals surface area contributed by atoms with Gasteiger partial charge in [0, 0.05) is 18.8 Å². The summed E-state index contributed by atoms with van der Waals surface area (Å²) in [5.41, 5.74) is 3.05. The minimum atomic E-state index is 0.961. The van der Waals surface area contributed by atoms with E-state index in [0.717, 1.165) is 17.0 Å². The normalized spacial score (nSPS) is 12.4. The van der Waals surface area contributed by atoms with E-state index in [2.05, 4.69) is 9.98 Å². The molecule has 0 spiro atoms. The third-order valence-electron chi connectivity index (χ3n) is 1.86. The average molecular weight is 174 g/mol. The SMILES string of the molecule is CC=Cc1cccnc1C(C)=NC. The van der Waals surface area contributed by atoms with Crippen LogP contribution in [0, 0.1) is 0 Å². The fourth-order valence-corrected chi connectivity index (χ4v) is 1.14. The summed E-state index contributed by atoms with van der Waals surface area (Å²) in [6.45, 7) is 3.96. The molecule has 2 nitrogen and oxygen atoms in total. The second kappa shape index (κ2) is 4.55. The second-order valence-electron chi connectivity index (χ2n) is 2.75. The Bertz CT molecular complexity index is 338. The third-order valence-corrected chi connectivity index (χ3v) is 1.86. The smallest absolute Gasteiger partial charge is 0.0908 e. The molecule has 68 valence electrons. The van der Waals surface area contributed by atoms with Gasteiger partial charge in [-0.3, -0.25) is 9.98 Å². The van der Waals surface area contributed by atoms with Crippen molar-refractivity contribution in [3.63, 3.8) is 0 Å². The predicted molar refractivity (Wildman–Crippen MR) is 57.1 cm³/mol. The van der Waals surface area contributed by atoms with E-state index >= 15 is 0 Å². The zero-order valence-corrected chi connectivity index (χ0v) is 8.28. The summed E-state index contributed by atoms with van der Waals surface area (Å²) in [4.78, 5) is 8.41. The Morgan fingerprint density at radius 1 is 1.54 bits per heavy atom. The Balaban J connectivity index is 3.19. The van der Waals surface area contributed by atoms with Gasteiger partial charge in [0.2, 0.25) is 0 Å². The summed E-state index contributed by atoms with van der Waals surface area (Å²) >= 11 is 0. The highest BCUT2D eigenvalue weighted by atomic mass is 14.8. The molecule has 0 bridgehead atoms.